The molecule has 0 aliphatic rings. The van der Waals surface area contributed by atoms with Crippen molar-refractivity contribution in [2.45, 2.75) is 31.6 Å². The van der Waals surface area contributed by atoms with Crippen molar-refractivity contribution < 1.29 is 17.9 Å². The molecule has 7 heteroatoms. The minimum atomic E-state index is -3.93. The van der Waals surface area contributed by atoms with Gasteiger partial charge in [0.15, 0.2) is 0 Å². The normalized spacial score (nSPS) is 11.1. The number of hydrogen-bond acceptors (Lipinski definition) is 4. The van der Waals surface area contributed by atoms with E-state index in [1.807, 2.05) is 6.92 Å². The third kappa shape index (κ3) is 4.72. The molecule has 0 radical (unpaired) electrons. The Balaban J connectivity index is 3.08. The van der Waals surface area contributed by atoms with Crippen LogP contribution in [0.2, 0.25) is 0 Å². The summed E-state index contributed by atoms with van der Waals surface area (Å²) >= 11 is 0. The second-order valence-corrected chi connectivity index (χ2v) is 6.36. The lowest BCUT2D eigenvalue weighted by molar-refractivity contribution is -0.116. The van der Waals surface area contributed by atoms with Crippen LogP contribution in [0.25, 0.3) is 0 Å². The zero-order valence-corrected chi connectivity index (χ0v) is 12.3. The third-order valence-corrected chi connectivity index (χ3v) is 3.61. The highest BCUT2D eigenvalue weighted by Crippen LogP contribution is 2.30. The van der Waals surface area contributed by atoms with Gasteiger partial charge in [0.2, 0.25) is 5.91 Å². The standard InChI is InChI=1S/C12H16ClNO4S/c1-3-5-12(15)14-9-6-7-10(18-4-2)11(8-9)19(13,16)17/h6-8H,3-5H2,1-2H3,(H,14,15). The first kappa shape index (κ1) is 15.8. The molecule has 19 heavy (non-hydrogen) atoms. The van der Waals surface area contributed by atoms with Crippen LogP contribution in [0.4, 0.5) is 5.69 Å². The molecule has 0 aliphatic carbocycles. The third-order valence-electron chi connectivity index (χ3n) is 2.27. The fourth-order valence-electron chi connectivity index (χ4n) is 1.50. The fourth-order valence-corrected chi connectivity index (χ4v) is 2.50. The first-order chi connectivity index (χ1) is 8.88. The van der Waals surface area contributed by atoms with E-state index in [1.165, 1.54) is 12.1 Å². The van der Waals surface area contributed by atoms with E-state index in [1.54, 1.807) is 13.0 Å². The number of ether oxygens (including phenoxy) is 1. The molecule has 1 rings (SSSR count). The predicted octanol–water partition coefficient (Wildman–Crippen LogP) is 2.75. The molecule has 0 saturated carbocycles. The maximum atomic E-state index is 11.5. The molecule has 1 amide bonds. The average Bonchev–Trinajstić information content (AvgIpc) is 2.30. The van der Waals surface area contributed by atoms with Crippen molar-refractivity contribution in [3.8, 4) is 5.75 Å². The SMILES string of the molecule is CCCC(=O)Nc1ccc(OCC)c(S(=O)(=O)Cl)c1. The summed E-state index contributed by atoms with van der Waals surface area (Å²) in [5, 5.41) is 2.61. The number of carbonyl (C=O) groups excluding carboxylic acids is 1. The summed E-state index contributed by atoms with van der Waals surface area (Å²) in [5.74, 6) is -0.00410. The summed E-state index contributed by atoms with van der Waals surface area (Å²) in [6.45, 7) is 3.94. The molecule has 0 saturated heterocycles. The lowest BCUT2D eigenvalue weighted by atomic mass is 10.2. The summed E-state index contributed by atoms with van der Waals surface area (Å²) in [4.78, 5) is 11.3. The van der Waals surface area contributed by atoms with Crippen LogP contribution in [-0.2, 0) is 13.8 Å². The summed E-state index contributed by atoms with van der Waals surface area (Å²) < 4.78 is 28.1. The smallest absolute Gasteiger partial charge is 0.265 e. The molecule has 0 atom stereocenters. The van der Waals surface area contributed by atoms with Crippen molar-refractivity contribution in [2.24, 2.45) is 0 Å². The van der Waals surface area contributed by atoms with Crippen LogP contribution in [0.15, 0.2) is 23.1 Å². The van der Waals surface area contributed by atoms with Gasteiger partial charge in [0.05, 0.1) is 6.61 Å². The second-order valence-electron chi connectivity index (χ2n) is 3.83. The number of nitrogens with one attached hydrogen (secondary N) is 1. The van der Waals surface area contributed by atoms with Gasteiger partial charge in [-0.3, -0.25) is 4.79 Å². The fraction of sp³-hybridized carbons (Fsp3) is 0.417. The zero-order valence-electron chi connectivity index (χ0n) is 10.8. The average molecular weight is 306 g/mol. The molecular weight excluding hydrogens is 290 g/mol. The minimum Gasteiger partial charge on any atom is -0.492 e. The molecule has 0 aliphatic heterocycles. The molecule has 1 N–H and O–H groups in total. The van der Waals surface area contributed by atoms with Crippen molar-refractivity contribution in [1.82, 2.24) is 0 Å². The number of rotatable bonds is 6. The van der Waals surface area contributed by atoms with Crippen molar-refractivity contribution >= 4 is 31.3 Å². The maximum Gasteiger partial charge on any atom is 0.265 e. The molecule has 1 aromatic rings. The number of hydrogen-bond donors (Lipinski definition) is 1. The van der Waals surface area contributed by atoms with Gasteiger partial charge in [0.1, 0.15) is 10.6 Å². The van der Waals surface area contributed by atoms with Crippen LogP contribution in [0.5, 0.6) is 5.75 Å². The summed E-state index contributed by atoms with van der Waals surface area (Å²) in [5.41, 5.74) is 0.376. The van der Waals surface area contributed by atoms with Gasteiger partial charge in [-0.05, 0) is 31.5 Å². The molecule has 1 aromatic carbocycles. The predicted molar refractivity (Wildman–Crippen MR) is 74.2 cm³/mol. The summed E-state index contributed by atoms with van der Waals surface area (Å²) in [7, 11) is 1.42. The first-order valence-electron chi connectivity index (χ1n) is 5.89. The topological polar surface area (TPSA) is 72.5 Å². The van der Waals surface area contributed by atoms with Gasteiger partial charge >= 0.3 is 0 Å². The van der Waals surface area contributed by atoms with E-state index in [9.17, 15) is 13.2 Å². The molecule has 5 nitrogen and oxygen atoms in total. The Kier molecular flexibility index (Phi) is 5.62. The molecule has 0 heterocycles. The number of amides is 1. The van der Waals surface area contributed by atoms with Gasteiger partial charge in [-0.25, -0.2) is 8.42 Å². The van der Waals surface area contributed by atoms with E-state index in [0.717, 1.165) is 0 Å². The Hall–Kier alpha value is -1.27. The van der Waals surface area contributed by atoms with E-state index in [-0.39, 0.29) is 16.6 Å². The summed E-state index contributed by atoms with van der Waals surface area (Å²) in [6, 6.07) is 4.34. The highest BCUT2D eigenvalue weighted by Gasteiger charge is 2.18. The lowest BCUT2D eigenvalue weighted by Gasteiger charge is -2.10. The van der Waals surface area contributed by atoms with E-state index in [0.29, 0.717) is 25.1 Å². The Bertz CT molecular complexity index is 557. The van der Waals surface area contributed by atoms with Crippen LogP contribution in [-0.4, -0.2) is 20.9 Å². The molecular formula is C12H16ClNO4S. The van der Waals surface area contributed by atoms with E-state index in [2.05, 4.69) is 5.32 Å². The van der Waals surface area contributed by atoms with Crippen molar-refractivity contribution in [2.75, 3.05) is 11.9 Å². The Morgan fingerprint density at radius 1 is 1.37 bits per heavy atom. The van der Waals surface area contributed by atoms with E-state index in [4.69, 9.17) is 15.4 Å². The Morgan fingerprint density at radius 2 is 2.05 bits per heavy atom. The number of halogens is 1. The van der Waals surface area contributed by atoms with Crippen LogP contribution in [0.1, 0.15) is 26.7 Å². The van der Waals surface area contributed by atoms with Gasteiger partial charge in [-0.1, -0.05) is 6.92 Å². The molecule has 0 bridgehead atoms. The van der Waals surface area contributed by atoms with Crippen LogP contribution < -0.4 is 10.1 Å². The van der Waals surface area contributed by atoms with Crippen molar-refractivity contribution in [1.29, 1.82) is 0 Å². The van der Waals surface area contributed by atoms with Crippen molar-refractivity contribution in [3.05, 3.63) is 18.2 Å². The van der Waals surface area contributed by atoms with Crippen LogP contribution >= 0.6 is 10.7 Å². The lowest BCUT2D eigenvalue weighted by Crippen LogP contribution is -2.11. The van der Waals surface area contributed by atoms with E-state index < -0.39 is 9.05 Å². The number of carbonyl (C=O) groups is 1. The Labute approximate surface area is 117 Å². The largest absolute Gasteiger partial charge is 0.492 e. The molecule has 0 fully saturated rings. The molecule has 0 aromatic heterocycles. The number of anilines is 1. The van der Waals surface area contributed by atoms with Gasteiger partial charge in [0, 0.05) is 22.8 Å². The highest BCUT2D eigenvalue weighted by molar-refractivity contribution is 8.13. The van der Waals surface area contributed by atoms with E-state index >= 15 is 0 Å². The van der Waals surface area contributed by atoms with Gasteiger partial charge in [-0.15, -0.1) is 0 Å². The zero-order chi connectivity index (χ0) is 14.5. The molecule has 106 valence electrons. The second kappa shape index (κ2) is 6.77. The minimum absolute atomic E-state index is 0.148. The van der Waals surface area contributed by atoms with Crippen LogP contribution in [0.3, 0.4) is 0 Å². The number of benzene rings is 1. The van der Waals surface area contributed by atoms with Gasteiger partial charge in [-0.2, -0.15) is 0 Å². The van der Waals surface area contributed by atoms with Gasteiger partial charge < -0.3 is 10.1 Å². The van der Waals surface area contributed by atoms with Gasteiger partial charge in [0.25, 0.3) is 9.05 Å². The maximum absolute atomic E-state index is 11.5. The molecule has 0 unspecified atom stereocenters. The summed E-state index contributed by atoms with van der Waals surface area (Å²) in [6.07, 6.45) is 1.08. The van der Waals surface area contributed by atoms with Crippen molar-refractivity contribution in [3.63, 3.8) is 0 Å². The Morgan fingerprint density at radius 3 is 2.58 bits per heavy atom. The molecule has 0 spiro atoms. The highest BCUT2D eigenvalue weighted by atomic mass is 35.7. The first-order valence-corrected chi connectivity index (χ1v) is 8.20. The monoisotopic (exact) mass is 305 g/mol. The van der Waals surface area contributed by atoms with Crippen LogP contribution in [0, 0.1) is 0 Å². The quantitative estimate of drug-likeness (QED) is 0.820.